The molecule has 6 heteroatoms. The summed E-state index contributed by atoms with van der Waals surface area (Å²) in [6.45, 7) is 8.45. The molecule has 1 aromatic rings. The number of carbonyl (C=O) groups is 2. The highest BCUT2D eigenvalue weighted by Crippen LogP contribution is 2.18. The fraction of sp³-hybridized carbons (Fsp3) is 0.600. The summed E-state index contributed by atoms with van der Waals surface area (Å²) in [6.07, 6.45) is 1.58. The first-order valence-electron chi connectivity index (χ1n) is 9.08. The molecule has 26 heavy (non-hydrogen) atoms. The quantitative estimate of drug-likeness (QED) is 0.588. The van der Waals surface area contributed by atoms with E-state index < -0.39 is 11.7 Å². The van der Waals surface area contributed by atoms with Crippen LogP contribution in [0, 0.1) is 0 Å². The Hall–Kier alpha value is -2.08. The highest BCUT2D eigenvalue weighted by molar-refractivity contribution is 5.71. The van der Waals surface area contributed by atoms with Crippen LogP contribution in [-0.2, 0) is 25.6 Å². The van der Waals surface area contributed by atoms with Crippen molar-refractivity contribution in [3.63, 3.8) is 0 Å². The number of nitrogens with one attached hydrogen (secondary N) is 1. The Labute approximate surface area is 155 Å². The maximum atomic E-state index is 11.9. The number of carbonyl (C=O) groups excluding carboxylic acids is 2. The van der Waals surface area contributed by atoms with Crippen molar-refractivity contribution in [1.29, 1.82) is 0 Å². The second kappa shape index (κ2) is 9.03. The predicted molar refractivity (Wildman–Crippen MR) is 97.6 cm³/mol. The van der Waals surface area contributed by atoms with Gasteiger partial charge < -0.3 is 19.5 Å². The van der Waals surface area contributed by atoms with Crippen LogP contribution in [0.15, 0.2) is 24.3 Å². The van der Waals surface area contributed by atoms with Crippen molar-refractivity contribution in [1.82, 2.24) is 5.32 Å². The molecule has 1 heterocycles. The van der Waals surface area contributed by atoms with Crippen LogP contribution in [0.25, 0.3) is 0 Å². The number of hydrogen-bond donors (Lipinski definition) is 1. The van der Waals surface area contributed by atoms with Crippen LogP contribution in [0.2, 0.25) is 0 Å². The van der Waals surface area contributed by atoms with E-state index in [1.54, 1.807) is 0 Å². The third-order valence-electron chi connectivity index (χ3n) is 4.01. The number of alkyl carbamates (subject to hydrolysis) is 1. The zero-order valence-electron chi connectivity index (χ0n) is 16.0. The van der Waals surface area contributed by atoms with Gasteiger partial charge in [-0.05, 0) is 45.2 Å². The van der Waals surface area contributed by atoms with Crippen LogP contribution in [0.4, 0.5) is 4.79 Å². The van der Waals surface area contributed by atoms with Gasteiger partial charge in [0.15, 0.2) is 0 Å². The van der Waals surface area contributed by atoms with E-state index in [1.165, 1.54) is 0 Å². The molecule has 1 aliphatic rings. The van der Waals surface area contributed by atoms with Gasteiger partial charge in [-0.3, -0.25) is 4.79 Å². The summed E-state index contributed by atoms with van der Waals surface area (Å²) in [7, 11) is 0. The first kappa shape index (κ1) is 20.2. The topological polar surface area (TPSA) is 73.9 Å². The minimum Gasteiger partial charge on any atom is -0.462 e. The van der Waals surface area contributed by atoms with Gasteiger partial charge in [-0.2, -0.15) is 0 Å². The molecule has 0 spiro atoms. The number of amides is 1. The summed E-state index contributed by atoms with van der Waals surface area (Å²) in [5.41, 5.74) is 1.50. The summed E-state index contributed by atoms with van der Waals surface area (Å²) in [5.74, 6) is -0.117. The fourth-order valence-corrected chi connectivity index (χ4v) is 2.71. The van der Waals surface area contributed by atoms with Crippen LogP contribution in [0.1, 0.15) is 64.1 Å². The lowest BCUT2D eigenvalue weighted by atomic mass is 10.1. The molecule has 2 rings (SSSR count). The normalized spacial score (nSPS) is 18.3. The van der Waals surface area contributed by atoms with Gasteiger partial charge in [0.2, 0.25) is 0 Å². The predicted octanol–water partition coefficient (Wildman–Crippen LogP) is 3.88. The average Bonchev–Trinajstić information content (AvgIpc) is 2.95. The van der Waals surface area contributed by atoms with E-state index in [9.17, 15) is 9.59 Å². The highest BCUT2D eigenvalue weighted by atomic mass is 16.6. The Balaban J connectivity index is 1.77. The van der Waals surface area contributed by atoms with Crippen LogP contribution < -0.4 is 5.32 Å². The minimum absolute atomic E-state index is 0.00751. The van der Waals surface area contributed by atoms with Crippen molar-refractivity contribution < 1.29 is 23.8 Å². The number of hydrogen-bond acceptors (Lipinski definition) is 5. The average molecular weight is 363 g/mol. The standard InChI is InChI=1S/C20H29NO5/c1-14(21-19(23)26-20(2,3)4)16-7-5-6-15(12-16)13-24-11-10-17-8-9-18(22)25-17/h5-7,12,14,17H,8-11,13H2,1-4H3,(H,21,23). The van der Waals surface area contributed by atoms with E-state index in [2.05, 4.69) is 5.32 Å². The molecule has 6 nitrogen and oxygen atoms in total. The Morgan fingerprint density at radius 3 is 2.81 bits per heavy atom. The maximum Gasteiger partial charge on any atom is 0.408 e. The van der Waals surface area contributed by atoms with Gasteiger partial charge in [0.25, 0.3) is 0 Å². The van der Waals surface area contributed by atoms with Gasteiger partial charge >= 0.3 is 12.1 Å². The van der Waals surface area contributed by atoms with Crippen molar-refractivity contribution in [2.24, 2.45) is 0 Å². The van der Waals surface area contributed by atoms with Crippen LogP contribution in [-0.4, -0.2) is 30.4 Å². The summed E-state index contributed by atoms with van der Waals surface area (Å²) in [6, 6.07) is 7.74. The number of cyclic esters (lactones) is 1. The second-order valence-corrected chi connectivity index (χ2v) is 7.60. The van der Waals surface area contributed by atoms with E-state index >= 15 is 0 Å². The molecule has 2 atom stereocenters. The zero-order chi connectivity index (χ0) is 19.2. The van der Waals surface area contributed by atoms with Crippen molar-refractivity contribution in [2.75, 3.05) is 6.61 Å². The van der Waals surface area contributed by atoms with Crippen molar-refractivity contribution in [3.8, 4) is 0 Å². The molecule has 0 radical (unpaired) electrons. The van der Waals surface area contributed by atoms with Crippen LogP contribution >= 0.6 is 0 Å². The summed E-state index contributed by atoms with van der Waals surface area (Å²) in [5, 5.41) is 2.84. The Morgan fingerprint density at radius 1 is 1.38 bits per heavy atom. The number of rotatable bonds is 7. The molecular formula is C20H29NO5. The molecule has 1 fully saturated rings. The lowest BCUT2D eigenvalue weighted by Gasteiger charge is -2.22. The molecule has 0 aromatic heterocycles. The molecule has 1 N–H and O–H groups in total. The number of benzene rings is 1. The first-order chi connectivity index (χ1) is 12.2. The number of esters is 1. The monoisotopic (exact) mass is 363 g/mol. The van der Waals surface area contributed by atoms with Gasteiger partial charge in [0, 0.05) is 12.8 Å². The number of ether oxygens (including phenoxy) is 3. The van der Waals surface area contributed by atoms with E-state index in [0.717, 1.165) is 24.0 Å². The summed E-state index contributed by atoms with van der Waals surface area (Å²) < 4.78 is 16.1. The SMILES string of the molecule is CC(NC(=O)OC(C)(C)C)c1cccc(COCCC2CCC(=O)O2)c1. The first-order valence-corrected chi connectivity index (χ1v) is 9.08. The van der Waals surface area contributed by atoms with E-state index in [-0.39, 0.29) is 18.1 Å². The maximum absolute atomic E-state index is 11.9. The van der Waals surface area contributed by atoms with Crippen molar-refractivity contribution in [3.05, 3.63) is 35.4 Å². The molecule has 0 saturated carbocycles. The molecular weight excluding hydrogens is 334 g/mol. The third kappa shape index (κ3) is 7.04. The largest absolute Gasteiger partial charge is 0.462 e. The molecule has 0 bridgehead atoms. The van der Waals surface area contributed by atoms with E-state index in [1.807, 2.05) is 52.0 Å². The Kier molecular flexibility index (Phi) is 7.03. The van der Waals surface area contributed by atoms with E-state index in [0.29, 0.717) is 19.6 Å². The molecule has 1 aromatic carbocycles. The zero-order valence-corrected chi connectivity index (χ0v) is 16.0. The molecule has 1 amide bonds. The van der Waals surface area contributed by atoms with Crippen LogP contribution in [0.3, 0.4) is 0 Å². The molecule has 1 saturated heterocycles. The van der Waals surface area contributed by atoms with Gasteiger partial charge in [-0.25, -0.2) is 4.79 Å². The lowest BCUT2D eigenvalue weighted by Crippen LogP contribution is -2.34. The second-order valence-electron chi connectivity index (χ2n) is 7.60. The highest BCUT2D eigenvalue weighted by Gasteiger charge is 2.22. The van der Waals surface area contributed by atoms with Gasteiger partial charge in [-0.1, -0.05) is 24.3 Å². The summed E-state index contributed by atoms with van der Waals surface area (Å²) >= 11 is 0. The molecule has 1 aliphatic heterocycles. The van der Waals surface area contributed by atoms with Crippen LogP contribution in [0.5, 0.6) is 0 Å². The smallest absolute Gasteiger partial charge is 0.408 e. The molecule has 144 valence electrons. The van der Waals surface area contributed by atoms with Crippen molar-refractivity contribution >= 4 is 12.1 Å². The summed E-state index contributed by atoms with van der Waals surface area (Å²) in [4.78, 5) is 23.0. The van der Waals surface area contributed by atoms with E-state index in [4.69, 9.17) is 14.2 Å². The molecule has 0 aliphatic carbocycles. The van der Waals surface area contributed by atoms with Gasteiger partial charge in [-0.15, -0.1) is 0 Å². The van der Waals surface area contributed by atoms with Gasteiger partial charge in [0.1, 0.15) is 11.7 Å². The Morgan fingerprint density at radius 2 is 2.15 bits per heavy atom. The Bertz CT molecular complexity index is 623. The fourth-order valence-electron chi connectivity index (χ4n) is 2.71. The lowest BCUT2D eigenvalue weighted by molar-refractivity contribution is -0.141. The minimum atomic E-state index is -0.521. The van der Waals surface area contributed by atoms with Gasteiger partial charge in [0.05, 0.1) is 19.3 Å². The molecule has 2 unspecified atom stereocenters. The third-order valence-corrected chi connectivity index (χ3v) is 4.01. The van der Waals surface area contributed by atoms with Crippen molar-refractivity contribution in [2.45, 2.75) is 71.3 Å².